The van der Waals surface area contributed by atoms with Gasteiger partial charge in [0.05, 0.1) is 12.4 Å². The molecular weight excluding hydrogens is 180 g/mol. The number of aromatic hydroxyl groups is 1. The van der Waals surface area contributed by atoms with Crippen molar-refractivity contribution < 1.29 is 10.1 Å². The summed E-state index contributed by atoms with van der Waals surface area (Å²) in [7, 11) is 0. The Labute approximate surface area is 81.1 Å². The summed E-state index contributed by atoms with van der Waals surface area (Å²) < 4.78 is 1.75. The van der Waals surface area contributed by atoms with Crippen LogP contribution in [0.1, 0.15) is 0 Å². The molecule has 0 bridgehead atoms. The highest BCUT2D eigenvalue weighted by molar-refractivity contribution is 5.25. The largest absolute Gasteiger partial charge is 0.492 e. The maximum absolute atomic E-state index is 8.98. The minimum atomic E-state index is 0.0313. The molecule has 0 radical (unpaired) electrons. The molecule has 2 rings (SSSR count). The van der Waals surface area contributed by atoms with Crippen LogP contribution in [-0.2, 0) is 6.67 Å². The number of rotatable bonds is 3. The lowest BCUT2D eigenvalue weighted by Gasteiger charge is -1.98. The maximum Gasteiger partial charge on any atom is 0.273 e. The quantitative estimate of drug-likeness (QED) is 0.741. The summed E-state index contributed by atoms with van der Waals surface area (Å²) in [6.07, 6.45) is 4.95. The molecule has 72 valence electrons. The van der Waals surface area contributed by atoms with Crippen molar-refractivity contribution in [3.05, 3.63) is 36.9 Å². The molecule has 14 heavy (non-hydrogen) atoms. The minimum absolute atomic E-state index is 0.0313. The third-order valence-corrected chi connectivity index (χ3v) is 1.78. The van der Waals surface area contributed by atoms with E-state index in [2.05, 4.69) is 15.3 Å². The highest BCUT2D eigenvalue weighted by atomic mass is 16.3. The molecule has 0 aromatic carbocycles. The molecular formula is C9H11N4O+. The van der Waals surface area contributed by atoms with Gasteiger partial charge in [-0.3, -0.25) is 9.88 Å². The Bertz CT molecular complexity index is 398. The molecule has 0 amide bonds. The molecule has 3 N–H and O–H groups in total. The van der Waals surface area contributed by atoms with Gasteiger partial charge in [-0.1, -0.05) is 6.07 Å². The van der Waals surface area contributed by atoms with Gasteiger partial charge in [0, 0.05) is 6.07 Å². The van der Waals surface area contributed by atoms with Crippen molar-refractivity contribution in [3.63, 3.8) is 0 Å². The first-order chi connectivity index (χ1) is 6.84. The first-order valence-corrected chi connectivity index (χ1v) is 4.26. The number of H-pyrrole nitrogens is 1. The van der Waals surface area contributed by atoms with Crippen molar-refractivity contribution in [1.82, 2.24) is 9.55 Å². The van der Waals surface area contributed by atoms with E-state index in [1.165, 1.54) is 0 Å². The zero-order chi connectivity index (χ0) is 9.80. The van der Waals surface area contributed by atoms with E-state index in [1.54, 1.807) is 17.1 Å². The van der Waals surface area contributed by atoms with Gasteiger partial charge in [0.15, 0.2) is 6.67 Å². The molecule has 2 heterocycles. The highest BCUT2D eigenvalue weighted by Crippen LogP contribution is 2.02. The van der Waals surface area contributed by atoms with E-state index in [9.17, 15) is 0 Å². The topological polar surface area (TPSA) is 64.2 Å². The van der Waals surface area contributed by atoms with Crippen molar-refractivity contribution in [2.45, 2.75) is 6.67 Å². The second kappa shape index (κ2) is 3.78. The zero-order valence-electron chi connectivity index (χ0n) is 7.51. The average Bonchev–Trinajstić information content (AvgIpc) is 2.63. The van der Waals surface area contributed by atoms with E-state index >= 15 is 0 Å². The van der Waals surface area contributed by atoms with Gasteiger partial charge in [0.25, 0.3) is 5.82 Å². The number of nitrogens with one attached hydrogen (secondary N) is 2. The number of nitrogens with zero attached hydrogens (tertiary/aromatic N) is 2. The van der Waals surface area contributed by atoms with Crippen LogP contribution in [-0.4, -0.2) is 14.7 Å². The van der Waals surface area contributed by atoms with Gasteiger partial charge in [-0.15, -0.1) is 0 Å². The molecule has 0 saturated heterocycles. The first-order valence-electron chi connectivity index (χ1n) is 4.26. The predicted octanol–water partition coefficient (Wildman–Crippen LogP) is 0.472. The molecule has 5 heteroatoms. The van der Waals surface area contributed by atoms with Crippen LogP contribution in [0.3, 0.4) is 0 Å². The van der Waals surface area contributed by atoms with Gasteiger partial charge in [-0.2, -0.15) is 0 Å². The van der Waals surface area contributed by atoms with Crippen molar-refractivity contribution in [1.29, 1.82) is 0 Å². The van der Waals surface area contributed by atoms with Crippen LogP contribution in [0, 0.1) is 0 Å². The van der Waals surface area contributed by atoms with Crippen LogP contribution < -0.4 is 10.3 Å². The Morgan fingerprint density at radius 1 is 1.50 bits per heavy atom. The number of aromatic nitrogens is 3. The fourth-order valence-corrected chi connectivity index (χ4v) is 1.11. The van der Waals surface area contributed by atoms with E-state index in [4.69, 9.17) is 5.11 Å². The summed E-state index contributed by atoms with van der Waals surface area (Å²) in [5, 5.41) is 12.1. The third kappa shape index (κ3) is 2.01. The Hall–Kier alpha value is -2.04. The smallest absolute Gasteiger partial charge is 0.273 e. The Morgan fingerprint density at radius 2 is 2.43 bits per heavy atom. The van der Waals surface area contributed by atoms with Crippen LogP contribution in [0.2, 0.25) is 0 Å². The van der Waals surface area contributed by atoms with Crippen LogP contribution in [0.5, 0.6) is 5.88 Å². The van der Waals surface area contributed by atoms with Crippen LogP contribution in [0.15, 0.2) is 36.9 Å². The van der Waals surface area contributed by atoms with Gasteiger partial charge in [0.2, 0.25) is 5.88 Å². The molecule has 0 atom stereocenters. The van der Waals surface area contributed by atoms with Crippen molar-refractivity contribution in [2.24, 2.45) is 0 Å². The Kier molecular flexibility index (Phi) is 2.31. The average molecular weight is 191 g/mol. The predicted molar refractivity (Wildman–Crippen MR) is 50.5 cm³/mol. The monoisotopic (exact) mass is 191 g/mol. The summed E-state index contributed by atoms with van der Waals surface area (Å²) in [4.78, 5) is 6.74. The SMILES string of the molecule is Oc1cn(CNc2cccc[nH+]2)cn1. The van der Waals surface area contributed by atoms with Gasteiger partial charge >= 0.3 is 0 Å². The zero-order valence-corrected chi connectivity index (χ0v) is 7.51. The number of aromatic amines is 1. The molecule has 0 aliphatic carbocycles. The van der Waals surface area contributed by atoms with Crippen molar-refractivity contribution >= 4 is 5.82 Å². The van der Waals surface area contributed by atoms with Crippen molar-refractivity contribution in [2.75, 3.05) is 5.32 Å². The van der Waals surface area contributed by atoms with Crippen LogP contribution in [0.4, 0.5) is 5.82 Å². The molecule has 5 nitrogen and oxygen atoms in total. The molecule has 0 saturated carbocycles. The van der Waals surface area contributed by atoms with Gasteiger partial charge < -0.3 is 5.11 Å². The lowest BCUT2D eigenvalue weighted by atomic mass is 10.5. The summed E-state index contributed by atoms with van der Waals surface area (Å²) >= 11 is 0. The molecule has 0 fully saturated rings. The summed E-state index contributed by atoms with van der Waals surface area (Å²) in [6.45, 7) is 0.564. The lowest BCUT2D eigenvalue weighted by molar-refractivity contribution is -0.361. The van der Waals surface area contributed by atoms with E-state index < -0.39 is 0 Å². The van der Waals surface area contributed by atoms with E-state index in [0.29, 0.717) is 6.67 Å². The molecule has 0 spiro atoms. The van der Waals surface area contributed by atoms with Gasteiger partial charge in [0.1, 0.15) is 6.33 Å². The Balaban J connectivity index is 1.95. The summed E-state index contributed by atoms with van der Waals surface area (Å²) in [5.41, 5.74) is 0. The summed E-state index contributed by atoms with van der Waals surface area (Å²) in [5.74, 6) is 0.949. The van der Waals surface area contributed by atoms with Gasteiger partial charge in [-0.05, 0) is 6.07 Å². The van der Waals surface area contributed by atoms with Crippen molar-refractivity contribution in [3.8, 4) is 5.88 Å². The minimum Gasteiger partial charge on any atom is -0.492 e. The fraction of sp³-hybridized carbons (Fsp3) is 0.111. The number of anilines is 1. The lowest BCUT2D eigenvalue weighted by Crippen LogP contribution is -2.14. The molecule has 2 aromatic heterocycles. The molecule has 0 aliphatic heterocycles. The third-order valence-electron chi connectivity index (χ3n) is 1.78. The first kappa shape index (κ1) is 8.55. The van der Waals surface area contributed by atoms with Crippen LogP contribution >= 0.6 is 0 Å². The molecule has 0 unspecified atom stereocenters. The number of pyridine rings is 1. The maximum atomic E-state index is 8.98. The number of hydrogen-bond donors (Lipinski definition) is 2. The number of imidazole rings is 1. The van der Waals surface area contributed by atoms with Gasteiger partial charge in [-0.25, -0.2) is 9.97 Å². The second-order valence-corrected chi connectivity index (χ2v) is 2.86. The van der Waals surface area contributed by atoms with E-state index in [1.807, 2.05) is 24.4 Å². The van der Waals surface area contributed by atoms with E-state index in [0.717, 1.165) is 5.82 Å². The second-order valence-electron chi connectivity index (χ2n) is 2.86. The van der Waals surface area contributed by atoms with E-state index in [-0.39, 0.29) is 5.88 Å². The number of hydrogen-bond acceptors (Lipinski definition) is 3. The highest BCUT2D eigenvalue weighted by Gasteiger charge is 1.99. The normalized spacial score (nSPS) is 10.0. The molecule has 0 aliphatic rings. The van der Waals surface area contributed by atoms with Crippen LogP contribution in [0.25, 0.3) is 0 Å². The Morgan fingerprint density at radius 3 is 3.07 bits per heavy atom. The fourth-order valence-electron chi connectivity index (χ4n) is 1.11. The standard InChI is InChI=1S/C9H10N4O/c14-9-5-13(7-12-9)6-11-8-3-1-2-4-10-8/h1-5,7,14H,6H2,(H,10,11)/p+1. The molecule has 2 aromatic rings. The summed E-state index contributed by atoms with van der Waals surface area (Å²) in [6, 6.07) is 5.77.